The van der Waals surface area contributed by atoms with Gasteiger partial charge < -0.3 is 0 Å². The van der Waals surface area contributed by atoms with Gasteiger partial charge in [0, 0.05) is 5.38 Å². The number of rotatable bonds is 5. The second-order valence-electron chi connectivity index (χ2n) is 3.98. The van der Waals surface area contributed by atoms with Gasteiger partial charge in [-0.2, -0.15) is 0 Å². The van der Waals surface area contributed by atoms with Gasteiger partial charge in [0.1, 0.15) is 0 Å². The van der Waals surface area contributed by atoms with Gasteiger partial charge >= 0.3 is 0 Å². The van der Waals surface area contributed by atoms with Crippen LogP contribution >= 0.6 is 11.6 Å². The lowest BCUT2D eigenvalue weighted by atomic mass is 9.98. The molecule has 0 N–H and O–H groups in total. The molecule has 0 bridgehead atoms. The van der Waals surface area contributed by atoms with Crippen LogP contribution in [-0.4, -0.2) is 5.38 Å². The maximum absolute atomic E-state index is 5.94. The Morgan fingerprint density at radius 3 is 1.91 bits per heavy atom. The lowest BCUT2D eigenvalue weighted by Crippen LogP contribution is -2.06. The Labute approximate surface area is 76.3 Å². The zero-order valence-corrected chi connectivity index (χ0v) is 8.99. The number of halogens is 1. The van der Waals surface area contributed by atoms with Crippen molar-refractivity contribution in [2.45, 2.75) is 52.3 Å². The van der Waals surface area contributed by atoms with Crippen molar-refractivity contribution in [3.8, 4) is 0 Å². The molecular weight excluding hydrogens is 156 g/mol. The maximum Gasteiger partial charge on any atom is 0.0333 e. The third-order valence-electron chi connectivity index (χ3n) is 2.23. The van der Waals surface area contributed by atoms with Gasteiger partial charge in [-0.3, -0.25) is 0 Å². The Morgan fingerprint density at radius 1 is 1.00 bits per heavy atom. The molecule has 0 radical (unpaired) electrons. The molecule has 68 valence electrons. The van der Waals surface area contributed by atoms with E-state index >= 15 is 0 Å². The highest BCUT2D eigenvalue weighted by molar-refractivity contribution is 6.20. The molecule has 0 unspecified atom stereocenters. The summed E-state index contributed by atoms with van der Waals surface area (Å²) in [6.07, 6.45) is 3.95. The average molecular weight is 177 g/mol. The quantitative estimate of drug-likeness (QED) is 0.554. The topological polar surface area (TPSA) is 0 Å². The molecule has 1 heteroatoms. The second-order valence-corrected chi connectivity index (χ2v) is 4.67. The van der Waals surface area contributed by atoms with E-state index in [9.17, 15) is 0 Å². The first-order valence-electron chi connectivity index (χ1n) is 4.68. The molecule has 0 aromatic carbocycles. The summed E-state index contributed by atoms with van der Waals surface area (Å²) >= 11 is 5.94. The minimum Gasteiger partial charge on any atom is -0.123 e. The van der Waals surface area contributed by atoms with Gasteiger partial charge in [0.25, 0.3) is 0 Å². The molecule has 0 fully saturated rings. The van der Waals surface area contributed by atoms with E-state index in [-0.39, 0.29) is 0 Å². The lowest BCUT2D eigenvalue weighted by Gasteiger charge is -2.13. The lowest BCUT2D eigenvalue weighted by molar-refractivity contribution is 0.453. The average Bonchev–Trinajstić information content (AvgIpc) is 1.86. The first-order valence-corrected chi connectivity index (χ1v) is 5.11. The van der Waals surface area contributed by atoms with E-state index in [0.29, 0.717) is 11.3 Å². The molecule has 2 atom stereocenters. The van der Waals surface area contributed by atoms with Crippen LogP contribution in [0.2, 0.25) is 0 Å². The van der Waals surface area contributed by atoms with E-state index in [2.05, 4.69) is 27.7 Å². The van der Waals surface area contributed by atoms with Gasteiger partial charge in [-0.25, -0.2) is 0 Å². The summed E-state index contributed by atoms with van der Waals surface area (Å²) in [5.74, 6) is 1.52. The molecule has 0 spiro atoms. The third kappa shape index (κ3) is 6.68. The highest BCUT2D eigenvalue weighted by Crippen LogP contribution is 2.18. The van der Waals surface area contributed by atoms with Crippen LogP contribution in [0.5, 0.6) is 0 Å². The fraction of sp³-hybridized carbons (Fsp3) is 1.00. The van der Waals surface area contributed by atoms with Crippen molar-refractivity contribution in [1.29, 1.82) is 0 Å². The van der Waals surface area contributed by atoms with Crippen LogP contribution in [0.15, 0.2) is 0 Å². The van der Waals surface area contributed by atoms with E-state index in [1.165, 1.54) is 19.3 Å². The highest BCUT2D eigenvalue weighted by atomic mass is 35.5. The SMILES string of the molecule is CC(C)CCC[C@H](C)[C@H](C)Cl. The van der Waals surface area contributed by atoms with Crippen molar-refractivity contribution >= 4 is 11.6 Å². The van der Waals surface area contributed by atoms with Gasteiger partial charge in [0.2, 0.25) is 0 Å². The normalized spacial score (nSPS) is 16.9. The molecule has 0 heterocycles. The fourth-order valence-corrected chi connectivity index (χ4v) is 1.20. The third-order valence-corrected chi connectivity index (χ3v) is 2.66. The summed E-state index contributed by atoms with van der Waals surface area (Å²) in [5, 5.41) is 0.335. The molecule has 0 aliphatic rings. The second kappa shape index (κ2) is 5.88. The van der Waals surface area contributed by atoms with Gasteiger partial charge in [-0.1, -0.05) is 33.6 Å². The summed E-state index contributed by atoms with van der Waals surface area (Å²) < 4.78 is 0. The molecule has 0 aliphatic carbocycles. The van der Waals surface area contributed by atoms with Crippen molar-refractivity contribution in [1.82, 2.24) is 0 Å². The standard InChI is InChI=1S/C10H21Cl/c1-8(2)6-5-7-9(3)10(4)11/h8-10H,5-7H2,1-4H3/t9-,10-/m0/s1. The zero-order chi connectivity index (χ0) is 8.85. The van der Waals surface area contributed by atoms with E-state index in [0.717, 1.165) is 5.92 Å². The molecule has 0 aromatic rings. The van der Waals surface area contributed by atoms with E-state index in [1.807, 2.05) is 0 Å². The van der Waals surface area contributed by atoms with E-state index in [1.54, 1.807) is 0 Å². The van der Waals surface area contributed by atoms with Gasteiger partial charge in [0.05, 0.1) is 0 Å². The number of hydrogen-bond donors (Lipinski definition) is 0. The molecule has 0 nitrogen and oxygen atoms in total. The van der Waals surface area contributed by atoms with Gasteiger partial charge in [0.15, 0.2) is 0 Å². The first-order chi connectivity index (χ1) is 5.04. The van der Waals surface area contributed by atoms with Crippen molar-refractivity contribution in [3.63, 3.8) is 0 Å². The molecule has 0 aliphatic heterocycles. The summed E-state index contributed by atoms with van der Waals surface area (Å²) in [7, 11) is 0. The van der Waals surface area contributed by atoms with Crippen molar-refractivity contribution in [2.24, 2.45) is 11.8 Å². The summed E-state index contributed by atoms with van der Waals surface area (Å²) in [4.78, 5) is 0. The monoisotopic (exact) mass is 176 g/mol. The first kappa shape index (κ1) is 11.3. The van der Waals surface area contributed by atoms with Crippen molar-refractivity contribution < 1.29 is 0 Å². The van der Waals surface area contributed by atoms with Gasteiger partial charge in [-0.05, 0) is 25.2 Å². The van der Waals surface area contributed by atoms with Crippen molar-refractivity contribution in [3.05, 3.63) is 0 Å². The highest BCUT2D eigenvalue weighted by Gasteiger charge is 2.08. The van der Waals surface area contributed by atoms with Crippen LogP contribution in [0.1, 0.15) is 47.0 Å². The summed E-state index contributed by atoms with van der Waals surface area (Å²) in [6, 6.07) is 0. The Morgan fingerprint density at radius 2 is 1.55 bits per heavy atom. The minimum absolute atomic E-state index is 0.335. The van der Waals surface area contributed by atoms with Crippen LogP contribution in [-0.2, 0) is 0 Å². The minimum atomic E-state index is 0.335. The molecular formula is C10H21Cl. The van der Waals surface area contributed by atoms with Crippen molar-refractivity contribution in [2.75, 3.05) is 0 Å². The summed E-state index contributed by atoms with van der Waals surface area (Å²) in [6.45, 7) is 8.86. The van der Waals surface area contributed by atoms with Crippen LogP contribution < -0.4 is 0 Å². The fourth-order valence-electron chi connectivity index (χ4n) is 1.08. The summed E-state index contributed by atoms with van der Waals surface area (Å²) in [5.41, 5.74) is 0. The molecule has 11 heavy (non-hydrogen) atoms. The molecule has 0 saturated heterocycles. The van der Waals surface area contributed by atoms with E-state index in [4.69, 9.17) is 11.6 Å². The molecule has 0 rings (SSSR count). The zero-order valence-electron chi connectivity index (χ0n) is 8.23. The maximum atomic E-state index is 5.94. The Bertz CT molecular complexity index is 86.9. The predicted molar refractivity (Wildman–Crippen MR) is 53.2 cm³/mol. The molecule has 0 amide bonds. The molecule has 0 saturated carbocycles. The largest absolute Gasteiger partial charge is 0.123 e. The molecule has 0 aromatic heterocycles. The Balaban J connectivity index is 3.24. The van der Waals surface area contributed by atoms with Crippen LogP contribution in [0.3, 0.4) is 0 Å². The number of hydrogen-bond acceptors (Lipinski definition) is 0. The van der Waals surface area contributed by atoms with Crippen LogP contribution in [0.4, 0.5) is 0 Å². The van der Waals surface area contributed by atoms with Gasteiger partial charge in [-0.15, -0.1) is 11.6 Å². The Kier molecular flexibility index (Phi) is 6.03. The predicted octanol–water partition coefficient (Wildman–Crippen LogP) is 4.08. The smallest absolute Gasteiger partial charge is 0.0333 e. The number of alkyl halides is 1. The Hall–Kier alpha value is 0.290. The van der Waals surface area contributed by atoms with E-state index < -0.39 is 0 Å². The van der Waals surface area contributed by atoms with Crippen LogP contribution in [0.25, 0.3) is 0 Å². The van der Waals surface area contributed by atoms with Crippen LogP contribution in [0, 0.1) is 11.8 Å².